The third-order valence-corrected chi connectivity index (χ3v) is 5.80. The number of halogens is 1. The lowest BCUT2D eigenvalue weighted by molar-refractivity contribution is -0.133. The maximum absolute atomic E-state index is 11.4. The Morgan fingerprint density at radius 3 is 2.71 bits per heavy atom. The highest BCUT2D eigenvalue weighted by molar-refractivity contribution is 9.09. The van der Waals surface area contributed by atoms with E-state index in [0.29, 0.717) is 37.2 Å². The molecule has 1 aromatic carbocycles. The van der Waals surface area contributed by atoms with Crippen LogP contribution in [0.4, 0.5) is 0 Å². The number of carbonyl (C=O) groups is 1. The van der Waals surface area contributed by atoms with Gasteiger partial charge in [0.1, 0.15) is 17.1 Å². The molecular formula is C15H18BrNO4. The van der Waals surface area contributed by atoms with E-state index in [2.05, 4.69) is 15.9 Å². The molecule has 114 valence electrons. The average Bonchev–Trinajstić information content (AvgIpc) is 2.45. The summed E-state index contributed by atoms with van der Waals surface area (Å²) in [6.45, 7) is 2.78. The molecule has 0 saturated carbocycles. The van der Waals surface area contributed by atoms with Gasteiger partial charge in [0.15, 0.2) is 0 Å². The van der Waals surface area contributed by atoms with E-state index in [9.17, 15) is 15.0 Å². The highest BCUT2D eigenvalue weighted by Crippen LogP contribution is 2.48. The number of aliphatic hydroxyl groups excluding tert-OH is 1. The molecule has 6 heteroatoms. The van der Waals surface area contributed by atoms with Gasteiger partial charge in [0.05, 0.1) is 10.9 Å². The number of carbonyl (C=O) groups excluding carboxylic acids is 1. The number of benzene rings is 1. The number of hydrogen-bond donors (Lipinski definition) is 2. The first-order valence-corrected chi connectivity index (χ1v) is 7.94. The number of fused-ring (bicyclic) bond motifs is 1. The molecule has 1 spiro atoms. The Balaban J connectivity index is 1.90. The number of phenolic OH excluding ortho intramolecular Hbond substituents is 1. The van der Waals surface area contributed by atoms with E-state index in [-0.39, 0.29) is 16.5 Å². The molecule has 2 N–H and O–H groups in total. The summed E-state index contributed by atoms with van der Waals surface area (Å²) < 4.78 is 6.15. The minimum absolute atomic E-state index is 0.0605. The van der Waals surface area contributed by atoms with Crippen molar-refractivity contribution in [2.24, 2.45) is 0 Å². The van der Waals surface area contributed by atoms with Crippen LogP contribution in [-0.4, -0.2) is 44.5 Å². The van der Waals surface area contributed by atoms with E-state index < -0.39 is 11.7 Å². The lowest BCUT2D eigenvalue weighted by Gasteiger charge is -2.48. The van der Waals surface area contributed by atoms with Crippen molar-refractivity contribution in [3.8, 4) is 11.5 Å². The normalized spacial score (nSPS) is 27.1. The van der Waals surface area contributed by atoms with Crippen molar-refractivity contribution in [1.29, 1.82) is 0 Å². The molecule has 2 heterocycles. The number of amides is 1. The third kappa shape index (κ3) is 2.40. The van der Waals surface area contributed by atoms with Crippen LogP contribution >= 0.6 is 15.9 Å². The fraction of sp³-hybridized carbons (Fsp3) is 0.533. The molecule has 0 aromatic heterocycles. The summed E-state index contributed by atoms with van der Waals surface area (Å²) in [5.41, 5.74) is 0.126. The smallest absolute Gasteiger partial charge is 0.219 e. The second-order valence-electron chi connectivity index (χ2n) is 5.74. The lowest BCUT2D eigenvalue weighted by atomic mass is 9.81. The Morgan fingerprint density at radius 2 is 2.10 bits per heavy atom. The van der Waals surface area contributed by atoms with E-state index >= 15 is 0 Å². The van der Waals surface area contributed by atoms with Crippen LogP contribution in [0, 0.1) is 0 Å². The fourth-order valence-corrected chi connectivity index (χ4v) is 3.99. The summed E-state index contributed by atoms with van der Waals surface area (Å²) in [7, 11) is 0. The van der Waals surface area contributed by atoms with Gasteiger partial charge in [0.2, 0.25) is 5.91 Å². The van der Waals surface area contributed by atoms with Gasteiger partial charge < -0.3 is 19.8 Å². The van der Waals surface area contributed by atoms with E-state index in [1.165, 1.54) is 6.07 Å². The first kappa shape index (κ1) is 14.7. The van der Waals surface area contributed by atoms with E-state index in [1.807, 2.05) is 0 Å². The van der Waals surface area contributed by atoms with Crippen LogP contribution in [0.3, 0.4) is 0 Å². The first-order valence-electron chi connectivity index (χ1n) is 7.02. The minimum atomic E-state index is -0.696. The number of ether oxygens (including phenoxy) is 1. The van der Waals surface area contributed by atoms with E-state index in [1.54, 1.807) is 24.0 Å². The maximum atomic E-state index is 11.4. The Kier molecular flexibility index (Phi) is 3.61. The van der Waals surface area contributed by atoms with Gasteiger partial charge in [-0.3, -0.25) is 4.79 Å². The molecule has 0 aliphatic carbocycles. The van der Waals surface area contributed by atoms with Gasteiger partial charge in [-0.1, -0.05) is 15.9 Å². The summed E-state index contributed by atoms with van der Waals surface area (Å²) in [5, 5.41) is 20.1. The zero-order valence-electron chi connectivity index (χ0n) is 11.8. The van der Waals surface area contributed by atoms with Crippen molar-refractivity contribution in [3.63, 3.8) is 0 Å². The second kappa shape index (κ2) is 5.18. The van der Waals surface area contributed by atoms with Gasteiger partial charge in [-0.2, -0.15) is 0 Å². The summed E-state index contributed by atoms with van der Waals surface area (Å²) in [6.07, 6.45) is 0.599. The highest BCUT2D eigenvalue weighted by Gasteiger charge is 2.50. The van der Waals surface area contributed by atoms with Crippen molar-refractivity contribution < 1.29 is 19.7 Å². The molecule has 2 aliphatic heterocycles. The van der Waals surface area contributed by atoms with Crippen LogP contribution in [0.15, 0.2) is 18.2 Å². The van der Waals surface area contributed by atoms with Crippen LogP contribution in [0.5, 0.6) is 11.5 Å². The predicted octanol–water partition coefficient (Wildman–Crippen LogP) is 1.96. The molecule has 0 bridgehead atoms. The average molecular weight is 356 g/mol. The Hall–Kier alpha value is -1.27. The van der Waals surface area contributed by atoms with Gasteiger partial charge >= 0.3 is 0 Å². The number of hydrogen-bond acceptors (Lipinski definition) is 4. The van der Waals surface area contributed by atoms with Crippen molar-refractivity contribution in [2.75, 3.05) is 13.1 Å². The fourth-order valence-electron chi connectivity index (χ4n) is 3.15. The Labute approximate surface area is 131 Å². The monoisotopic (exact) mass is 355 g/mol. The Morgan fingerprint density at radius 1 is 1.43 bits per heavy atom. The lowest BCUT2D eigenvalue weighted by Crippen LogP contribution is -2.57. The molecule has 2 unspecified atom stereocenters. The van der Waals surface area contributed by atoms with E-state index in [0.717, 1.165) is 0 Å². The van der Waals surface area contributed by atoms with Crippen molar-refractivity contribution in [3.05, 3.63) is 23.8 Å². The van der Waals surface area contributed by atoms with Gasteiger partial charge in [0, 0.05) is 44.5 Å². The number of aromatic hydroxyl groups is 1. The Bertz CT molecular complexity index is 569. The third-order valence-electron chi connectivity index (χ3n) is 4.46. The number of alkyl halides is 1. The molecule has 1 aromatic rings. The molecular weight excluding hydrogens is 338 g/mol. The van der Waals surface area contributed by atoms with Crippen molar-refractivity contribution >= 4 is 21.8 Å². The largest absolute Gasteiger partial charge is 0.508 e. The minimum Gasteiger partial charge on any atom is -0.508 e. The van der Waals surface area contributed by atoms with Crippen molar-refractivity contribution in [2.45, 2.75) is 36.3 Å². The first-order chi connectivity index (χ1) is 9.93. The molecule has 21 heavy (non-hydrogen) atoms. The molecule has 5 nitrogen and oxygen atoms in total. The number of piperidine rings is 1. The zero-order valence-corrected chi connectivity index (χ0v) is 13.3. The zero-order chi connectivity index (χ0) is 15.2. The van der Waals surface area contributed by atoms with Crippen LogP contribution in [0.2, 0.25) is 0 Å². The molecule has 2 atom stereocenters. The number of likely N-dealkylation sites (tertiary alicyclic amines) is 1. The molecule has 1 fully saturated rings. The van der Waals surface area contributed by atoms with Gasteiger partial charge in [-0.15, -0.1) is 0 Å². The molecule has 1 saturated heterocycles. The van der Waals surface area contributed by atoms with Crippen molar-refractivity contribution in [1.82, 2.24) is 4.90 Å². The SMILES string of the molecule is CC(=O)N1CCC2(CC1)Oc1cc(O)ccc1C(O)C2Br. The number of rotatable bonds is 0. The summed E-state index contributed by atoms with van der Waals surface area (Å²) >= 11 is 3.58. The number of aliphatic hydroxyl groups is 1. The quantitative estimate of drug-likeness (QED) is 0.698. The topological polar surface area (TPSA) is 70.0 Å². The molecule has 3 rings (SSSR count). The second-order valence-corrected chi connectivity index (χ2v) is 6.73. The van der Waals surface area contributed by atoms with Crippen LogP contribution in [-0.2, 0) is 4.79 Å². The molecule has 1 amide bonds. The van der Waals surface area contributed by atoms with Gasteiger partial charge in [0.25, 0.3) is 0 Å². The van der Waals surface area contributed by atoms with E-state index in [4.69, 9.17) is 4.74 Å². The standard InChI is InChI=1S/C15H18BrNO4/c1-9(18)17-6-4-15(5-7-17)14(16)13(20)11-3-2-10(19)8-12(11)21-15/h2-3,8,13-14,19-20H,4-7H2,1H3. The maximum Gasteiger partial charge on any atom is 0.219 e. The van der Waals surface area contributed by atoms with Gasteiger partial charge in [-0.25, -0.2) is 0 Å². The molecule has 2 aliphatic rings. The van der Waals surface area contributed by atoms with Gasteiger partial charge in [-0.05, 0) is 12.1 Å². The molecule has 0 radical (unpaired) electrons. The number of nitrogens with zero attached hydrogens (tertiary/aromatic N) is 1. The highest BCUT2D eigenvalue weighted by atomic mass is 79.9. The number of phenols is 1. The summed E-state index contributed by atoms with van der Waals surface area (Å²) in [6, 6.07) is 4.76. The van der Waals surface area contributed by atoms with Crippen LogP contribution in [0.1, 0.15) is 31.4 Å². The van der Waals surface area contributed by atoms with Crippen LogP contribution in [0.25, 0.3) is 0 Å². The summed E-state index contributed by atoms with van der Waals surface area (Å²) in [5.74, 6) is 0.699. The van der Waals surface area contributed by atoms with Crippen LogP contribution < -0.4 is 4.74 Å². The summed E-state index contributed by atoms with van der Waals surface area (Å²) in [4.78, 5) is 13.0. The predicted molar refractivity (Wildman–Crippen MR) is 80.6 cm³/mol.